The maximum Gasteiger partial charge on any atom is 0.270 e. The molecular formula is C17H13N3O4. The van der Waals surface area contributed by atoms with Crippen LogP contribution in [-0.4, -0.2) is 17.4 Å². The van der Waals surface area contributed by atoms with Gasteiger partial charge in [0.05, 0.1) is 16.6 Å². The van der Waals surface area contributed by atoms with Gasteiger partial charge < -0.3 is 10.5 Å². The zero-order valence-corrected chi connectivity index (χ0v) is 12.5. The Morgan fingerprint density at radius 1 is 1.29 bits per heavy atom. The minimum Gasteiger partial charge on any atom is -0.484 e. The molecule has 7 heteroatoms. The molecule has 0 aliphatic heterocycles. The summed E-state index contributed by atoms with van der Waals surface area (Å²) in [4.78, 5) is 21.0. The van der Waals surface area contributed by atoms with Crippen LogP contribution in [0.3, 0.4) is 0 Å². The fourth-order valence-electron chi connectivity index (χ4n) is 1.95. The van der Waals surface area contributed by atoms with E-state index in [-0.39, 0.29) is 12.3 Å². The van der Waals surface area contributed by atoms with Gasteiger partial charge in [-0.05, 0) is 29.3 Å². The topological polar surface area (TPSA) is 119 Å². The summed E-state index contributed by atoms with van der Waals surface area (Å²) < 4.78 is 5.15. The monoisotopic (exact) mass is 323 g/mol. The van der Waals surface area contributed by atoms with Crippen molar-refractivity contribution in [2.45, 2.75) is 0 Å². The summed E-state index contributed by atoms with van der Waals surface area (Å²) in [5, 5.41) is 20.1. The fourth-order valence-corrected chi connectivity index (χ4v) is 1.95. The maximum absolute atomic E-state index is 10.8. The predicted molar refractivity (Wildman–Crippen MR) is 87.7 cm³/mol. The number of nitro groups is 1. The first-order valence-corrected chi connectivity index (χ1v) is 6.87. The lowest BCUT2D eigenvalue weighted by atomic mass is 10.0. The molecule has 0 unspecified atom stereocenters. The SMILES string of the molecule is N#C/C(=C/c1ccc(OCC(N)=O)cc1)c1cccc([N+](=O)[O-])c1. The Morgan fingerprint density at radius 3 is 2.58 bits per heavy atom. The van der Waals surface area contributed by atoms with Crippen LogP contribution in [0, 0.1) is 21.4 Å². The molecule has 2 rings (SSSR count). The Kier molecular flexibility index (Phi) is 5.26. The number of nitrogens with two attached hydrogens (primary N) is 1. The Bertz CT molecular complexity index is 836. The standard InChI is InChI=1S/C17H13N3O4/c18-10-14(13-2-1-3-15(9-13)20(22)23)8-12-4-6-16(7-5-12)24-11-17(19)21/h1-9H,11H2,(H2,19,21)/b14-8-. The fraction of sp³-hybridized carbons (Fsp3) is 0.0588. The van der Waals surface area contributed by atoms with Crippen LogP contribution < -0.4 is 10.5 Å². The van der Waals surface area contributed by atoms with Gasteiger partial charge in [-0.15, -0.1) is 0 Å². The number of primary amides is 1. The average Bonchev–Trinajstić information content (AvgIpc) is 2.59. The number of non-ortho nitro benzene ring substituents is 1. The minimum absolute atomic E-state index is 0.0798. The van der Waals surface area contributed by atoms with Crippen LogP contribution in [0.2, 0.25) is 0 Å². The third-order valence-corrected chi connectivity index (χ3v) is 3.06. The molecule has 0 aliphatic carbocycles. The van der Waals surface area contributed by atoms with E-state index in [9.17, 15) is 20.2 Å². The molecule has 0 heterocycles. The summed E-state index contributed by atoms with van der Waals surface area (Å²) in [5.74, 6) is -0.101. The molecule has 0 saturated heterocycles. The van der Waals surface area contributed by atoms with E-state index in [0.29, 0.717) is 22.4 Å². The summed E-state index contributed by atoms with van der Waals surface area (Å²) in [6, 6.07) is 14.6. The van der Waals surface area contributed by atoms with Gasteiger partial charge in [0.25, 0.3) is 11.6 Å². The minimum atomic E-state index is -0.573. The average molecular weight is 323 g/mol. The van der Waals surface area contributed by atoms with Crippen molar-refractivity contribution in [2.75, 3.05) is 6.61 Å². The highest BCUT2D eigenvalue weighted by Crippen LogP contribution is 2.23. The summed E-state index contributed by atoms with van der Waals surface area (Å²) in [6.07, 6.45) is 1.61. The zero-order valence-electron chi connectivity index (χ0n) is 12.5. The smallest absolute Gasteiger partial charge is 0.270 e. The summed E-state index contributed by atoms with van der Waals surface area (Å²) >= 11 is 0. The second-order valence-corrected chi connectivity index (χ2v) is 4.80. The number of ether oxygens (including phenoxy) is 1. The molecule has 0 atom stereocenters. The Labute approximate surface area is 137 Å². The van der Waals surface area contributed by atoms with Crippen molar-refractivity contribution in [3.63, 3.8) is 0 Å². The molecule has 7 nitrogen and oxygen atoms in total. The molecule has 0 aliphatic rings. The van der Waals surface area contributed by atoms with Crippen LogP contribution in [0.1, 0.15) is 11.1 Å². The Morgan fingerprint density at radius 2 is 2.00 bits per heavy atom. The van der Waals surface area contributed by atoms with Crippen LogP contribution in [-0.2, 0) is 4.79 Å². The van der Waals surface area contributed by atoms with E-state index < -0.39 is 10.8 Å². The van der Waals surface area contributed by atoms with Crippen LogP contribution >= 0.6 is 0 Å². The van der Waals surface area contributed by atoms with Crippen molar-refractivity contribution in [2.24, 2.45) is 5.73 Å². The molecule has 0 spiro atoms. The molecule has 2 aromatic rings. The highest BCUT2D eigenvalue weighted by molar-refractivity contribution is 5.90. The largest absolute Gasteiger partial charge is 0.484 e. The first-order chi connectivity index (χ1) is 11.5. The van der Waals surface area contributed by atoms with Crippen molar-refractivity contribution in [3.05, 3.63) is 69.8 Å². The Hall–Kier alpha value is -3.66. The number of benzene rings is 2. The van der Waals surface area contributed by atoms with Crippen molar-refractivity contribution >= 4 is 23.2 Å². The highest BCUT2D eigenvalue weighted by atomic mass is 16.6. The molecule has 120 valence electrons. The first kappa shape index (κ1) is 16.7. The lowest BCUT2D eigenvalue weighted by Crippen LogP contribution is -2.19. The number of carbonyl (C=O) groups excluding carboxylic acids is 1. The molecular weight excluding hydrogens is 310 g/mol. The second kappa shape index (κ2) is 7.56. The summed E-state index contributed by atoms with van der Waals surface area (Å²) in [7, 11) is 0. The van der Waals surface area contributed by atoms with Crippen LogP contribution in [0.4, 0.5) is 5.69 Å². The van der Waals surface area contributed by atoms with Crippen molar-refractivity contribution in [3.8, 4) is 11.8 Å². The number of nitro benzene ring substituents is 1. The van der Waals surface area contributed by atoms with Crippen LogP contribution in [0.25, 0.3) is 11.6 Å². The molecule has 2 aromatic carbocycles. The molecule has 0 fully saturated rings. The number of hydrogen-bond donors (Lipinski definition) is 1. The maximum atomic E-state index is 10.8. The van der Waals surface area contributed by atoms with Gasteiger partial charge >= 0.3 is 0 Å². The third kappa shape index (κ3) is 4.42. The van der Waals surface area contributed by atoms with Crippen LogP contribution in [0.5, 0.6) is 5.75 Å². The number of rotatable bonds is 6. The molecule has 0 radical (unpaired) electrons. The number of carbonyl (C=O) groups is 1. The van der Waals surface area contributed by atoms with Gasteiger partial charge in [0.2, 0.25) is 0 Å². The number of allylic oxidation sites excluding steroid dienone is 1. The van der Waals surface area contributed by atoms with E-state index in [1.807, 2.05) is 6.07 Å². The second-order valence-electron chi connectivity index (χ2n) is 4.80. The molecule has 2 N–H and O–H groups in total. The highest BCUT2D eigenvalue weighted by Gasteiger charge is 2.09. The first-order valence-electron chi connectivity index (χ1n) is 6.87. The number of nitrogens with zero attached hydrogens (tertiary/aromatic N) is 2. The molecule has 24 heavy (non-hydrogen) atoms. The molecule has 0 aromatic heterocycles. The summed E-state index contributed by atoms with van der Waals surface area (Å²) in [5.41, 5.74) is 6.38. The zero-order chi connectivity index (χ0) is 17.5. The quantitative estimate of drug-likeness (QED) is 0.379. The van der Waals surface area contributed by atoms with Gasteiger partial charge in [-0.1, -0.05) is 24.3 Å². The summed E-state index contributed by atoms with van der Waals surface area (Å²) in [6.45, 7) is -0.216. The van der Waals surface area contributed by atoms with E-state index >= 15 is 0 Å². The number of amides is 1. The van der Waals surface area contributed by atoms with Gasteiger partial charge in [-0.2, -0.15) is 5.26 Å². The lowest BCUT2D eigenvalue weighted by Gasteiger charge is -2.04. The number of nitriles is 1. The normalized spacial score (nSPS) is 10.7. The third-order valence-electron chi connectivity index (χ3n) is 3.06. The van der Waals surface area contributed by atoms with Crippen molar-refractivity contribution in [1.29, 1.82) is 5.26 Å². The Balaban J connectivity index is 2.24. The van der Waals surface area contributed by atoms with Gasteiger partial charge in [0, 0.05) is 12.1 Å². The molecule has 0 saturated carbocycles. The van der Waals surface area contributed by atoms with E-state index in [1.165, 1.54) is 18.2 Å². The molecule has 0 bridgehead atoms. The van der Waals surface area contributed by atoms with Gasteiger partial charge in [-0.25, -0.2) is 0 Å². The van der Waals surface area contributed by atoms with Gasteiger partial charge in [-0.3, -0.25) is 14.9 Å². The van der Waals surface area contributed by atoms with Crippen molar-refractivity contribution in [1.82, 2.24) is 0 Å². The lowest BCUT2D eigenvalue weighted by molar-refractivity contribution is -0.384. The molecule has 1 amide bonds. The van der Waals surface area contributed by atoms with Gasteiger partial charge in [0.15, 0.2) is 6.61 Å². The van der Waals surface area contributed by atoms with Crippen molar-refractivity contribution < 1.29 is 14.5 Å². The van der Waals surface area contributed by atoms with E-state index in [2.05, 4.69) is 0 Å². The van der Waals surface area contributed by atoms with E-state index in [4.69, 9.17) is 10.5 Å². The van der Waals surface area contributed by atoms with E-state index in [1.54, 1.807) is 36.4 Å². The predicted octanol–water partition coefficient (Wildman–Crippen LogP) is 2.52. The van der Waals surface area contributed by atoms with Crippen LogP contribution in [0.15, 0.2) is 48.5 Å². The van der Waals surface area contributed by atoms with Gasteiger partial charge in [0.1, 0.15) is 5.75 Å². The number of hydrogen-bond acceptors (Lipinski definition) is 5. The van der Waals surface area contributed by atoms with E-state index in [0.717, 1.165) is 0 Å².